The van der Waals surface area contributed by atoms with E-state index in [1.165, 1.54) is 38.5 Å². The van der Waals surface area contributed by atoms with Crippen LogP contribution in [0.3, 0.4) is 0 Å². The van der Waals surface area contributed by atoms with Crippen LogP contribution in [-0.2, 0) is 0 Å². The van der Waals surface area contributed by atoms with Crippen LogP contribution in [0, 0.1) is 0 Å². The van der Waals surface area contributed by atoms with Gasteiger partial charge in [-0.15, -0.1) is 0 Å². The summed E-state index contributed by atoms with van der Waals surface area (Å²) in [4.78, 5) is 13.9. The Labute approximate surface area is 92.2 Å². The predicted molar refractivity (Wildman–Crippen MR) is 60.8 cm³/mol. The van der Waals surface area contributed by atoms with Gasteiger partial charge in [-0.1, -0.05) is 19.3 Å². The molecule has 3 heteroatoms. The van der Waals surface area contributed by atoms with Gasteiger partial charge >= 0.3 is 6.03 Å². The molecule has 1 atom stereocenters. The van der Waals surface area contributed by atoms with Crippen molar-refractivity contribution >= 4 is 6.03 Å². The fraction of sp³-hybridized carbons (Fsp3) is 0.917. The average Bonchev–Trinajstić information content (AvgIpc) is 2.66. The summed E-state index contributed by atoms with van der Waals surface area (Å²) < 4.78 is 0. The van der Waals surface area contributed by atoms with E-state index in [4.69, 9.17) is 0 Å². The highest BCUT2D eigenvalue weighted by Crippen LogP contribution is 2.20. The Hall–Kier alpha value is -0.730. The molecule has 2 fully saturated rings. The first kappa shape index (κ1) is 10.8. The van der Waals surface area contributed by atoms with Crippen LogP contribution < -0.4 is 5.32 Å². The molecule has 1 aliphatic heterocycles. The van der Waals surface area contributed by atoms with Crippen molar-refractivity contribution in [2.24, 2.45) is 0 Å². The van der Waals surface area contributed by atoms with E-state index in [0.29, 0.717) is 12.1 Å². The highest BCUT2D eigenvalue weighted by molar-refractivity contribution is 5.75. The van der Waals surface area contributed by atoms with Crippen LogP contribution in [0.1, 0.15) is 51.9 Å². The van der Waals surface area contributed by atoms with Crippen molar-refractivity contribution in [2.45, 2.75) is 64.0 Å². The van der Waals surface area contributed by atoms with Crippen molar-refractivity contribution in [1.82, 2.24) is 10.2 Å². The van der Waals surface area contributed by atoms with Gasteiger partial charge in [0.15, 0.2) is 0 Å². The standard InChI is InChI=1S/C12H22N2O/c1-10-6-5-9-14(10)12(15)13-11-7-3-2-4-8-11/h10-11H,2-9H2,1H3,(H,13,15). The molecule has 1 saturated carbocycles. The summed E-state index contributed by atoms with van der Waals surface area (Å²) in [5.74, 6) is 0. The van der Waals surface area contributed by atoms with Crippen LogP contribution in [0.25, 0.3) is 0 Å². The Balaban J connectivity index is 1.80. The highest BCUT2D eigenvalue weighted by atomic mass is 16.2. The maximum absolute atomic E-state index is 11.9. The molecule has 1 saturated heterocycles. The number of hydrogen-bond acceptors (Lipinski definition) is 1. The number of rotatable bonds is 1. The van der Waals surface area contributed by atoms with Gasteiger partial charge in [-0.25, -0.2) is 4.79 Å². The molecule has 1 aliphatic carbocycles. The minimum atomic E-state index is 0.173. The second-order valence-electron chi connectivity index (χ2n) is 4.97. The molecule has 86 valence electrons. The zero-order chi connectivity index (χ0) is 10.7. The molecule has 1 unspecified atom stereocenters. The molecular weight excluding hydrogens is 188 g/mol. The number of carbonyl (C=O) groups is 1. The average molecular weight is 210 g/mol. The third-order valence-corrected chi connectivity index (χ3v) is 3.75. The number of carbonyl (C=O) groups excluding carboxylic acids is 1. The van der Waals surface area contributed by atoms with Gasteiger partial charge in [0.05, 0.1) is 0 Å². The molecule has 1 N–H and O–H groups in total. The minimum Gasteiger partial charge on any atom is -0.335 e. The second-order valence-corrected chi connectivity index (χ2v) is 4.97. The molecule has 0 aromatic carbocycles. The Morgan fingerprint density at radius 1 is 1.13 bits per heavy atom. The lowest BCUT2D eigenvalue weighted by atomic mass is 9.96. The van der Waals surface area contributed by atoms with Crippen molar-refractivity contribution in [3.63, 3.8) is 0 Å². The van der Waals surface area contributed by atoms with Gasteiger partial charge in [0, 0.05) is 18.6 Å². The van der Waals surface area contributed by atoms with Crippen molar-refractivity contribution in [2.75, 3.05) is 6.54 Å². The third kappa shape index (κ3) is 2.64. The van der Waals surface area contributed by atoms with Crippen LogP contribution in [0.5, 0.6) is 0 Å². The summed E-state index contributed by atoms with van der Waals surface area (Å²) in [6.07, 6.45) is 8.58. The maximum atomic E-state index is 11.9. The first-order chi connectivity index (χ1) is 7.27. The molecule has 0 bridgehead atoms. The predicted octanol–water partition coefficient (Wildman–Crippen LogP) is 2.51. The lowest BCUT2D eigenvalue weighted by molar-refractivity contribution is 0.188. The highest BCUT2D eigenvalue weighted by Gasteiger charge is 2.26. The molecule has 2 aliphatic rings. The van der Waals surface area contributed by atoms with Gasteiger partial charge < -0.3 is 10.2 Å². The number of nitrogens with one attached hydrogen (secondary N) is 1. The number of likely N-dealkylation sites (tertiary alicyclic amines) is 1. The quantitative estimate of drug-likeness (QED) is 0.708. The maximum Gasteiger partial charge on any atom is 0.317 e. The molecular formula is C12H22N2O. The molecule has 2 amide bonds. The van der Waals surface area contributed by atoms with Gasteiger partial charge in [-0.3, -0.25) is 0 Å². The van der Waals surface area contributed by atoms with E-state index in [-0.39, 0.29) is 6.03 Å². The first-order valence-electron chi connectivity index (χ1n) is 6.34. The summed E-state index contributed by atoms with van der Waals surface area (Å²) >= 11 is 0. The summed E-state index contributed by atoms with van der Waals surface area (Å²) in [7, 11) is 0. The van der Waals surface area contributed by atoms with E-state index in [9.17, 15) is 4.79 Å². The number of urea groups is 1. The van der Waals surface area contributed by atoms with Crippen molar-refractivity contribution < 1.29 is 4.79 Å². The molecule has 15 heavy (non-hydrogen) atoms. The number of amides is 2. The van der Waals surface area contributed by atoms with Gasteiger partial charge in [-0.05, 0) is 32.6 Å². The molecule has 2 rings (SSSR count). The van der Waals surface area contributed by atoms with Crippen LogP contribution in [0.15, 0.2) is 0 Å². The van der Waals surface area contributed by atoms with Crippen LogP contribution >= 0.6 is 0 Å². The van der Waals surface area contributed by atoms with E-state index >= 15 is 0 Å². The summed E-state index contributed by atoms with van der Waals surface area (Å²) in [6, 6.07) is 1.06. The van der Waals surface area contributed by atoms with Crippen LogP contribution in [-0.4, -0.2) is 29.6 Å². The van der Waals surface area contributed by atoms with E-state index in [2.05, 4.69) is 12.2 Å². The van der Waals surface area contributed by atoms with E-state index in [1.807, 2.05) is 4.90 Å². The Bertz CT molecular complexity index is 224. The zero-order valence-electron chi connectivity index (χ0n) is 9.67. The Morgan fingerprint density at radius 3 is 2.47 bits per heavy atom. The third-order valence-electron chi connectivity index (χ3n) is 3.75. The van der Waals surface area contributed by atoms with E-state index in [0.717, 1.165) is 13.0 Å². The van der Waals surface area contributed by atoms with E-state index in [1.54, 1.807) is 0 Å². The van der Waals surface area contributed by atoms with Crippen LogP contribution in [0.4, 0.5) is 4.79 Å². The van der Waals surface area contributed by atoms with Crippen molar-refractivity contribution in [1.29, 1.82) is 0 Å². The SMILES string of the molecule is CC1CCCN1C(=O)NC1CCCCC1. The fourth-order valence-corrected chi connectivity index (χ4v) is 2.74. The lowest BCUT2D eigenvalue weighted by Crippen LogP contribution is -2.46. The van der Waals surface area contributed by atoms with Gasteiger partial charge in [0.1, 0.15) is 0 Å². The largest absolute Gasteiger partial charge is 0.335 e. The van der Waals surface area contributed by atoms with Gasteiger partial charge in [-0.2, -0.15) is 0 Å². The van der Waals surface area contributed by atoms with E-state index < -0.39 is 0 Å². The molecule has 1 heterocycles. The topological polar surface area (TPSA) is 32.3 Å². The lowest BCUT2D eigenvalue weighted by Gasteiger charge is -2.28. The summed E-state index contributed by atoms with van der Waals surface area (Å²) in [5.41, 5.74) is 0. The monoisotopic (exact) mass is 210 g/mol. The minimum absolute atomic E-state index is 0.173. The van der Waals surface area contributed by atoms with Crippen LogP contribution in [0.2, 0.25) is 0 Å². The molecule has 0 radical (unpaired) electrons. The smallest absolute Gasteiger partial charge is 0.317 e. The second kappa shape index (κ2) is 4.86. The first-order valence-corrected chi connectivity index (χ1v) is 6.34. The normalized spacial score (nSPS) is 28.1. The van der Waals surface area contributed by atoms with Gasteiger partial charge in [0.25, 0.3) is 0 Å². The summed E-state index contributed by atoms with van der Waals surface area (Å²) in [5, 5.41) is 3.18. The number of nitrogens with zero attached hydrogens (tertiary/aromatic N) is 1. The molecule has 3 nitrogen and oxygen atoms in total. The number of hydrogen-bond donors (Lipinski definition) is 1. The molecule has 0 aromatic rings. The Morgan fingerprint density at radius 2 is 1.87 bits per heavy atom. The summed E-state index contributed by atoms with van der Waals surface area (Å²) in [6.45, 7) is 3.09. The Kier molecular flexibility index (Phi) is 3.49. The molecule has 0 spiro atoms. The van der Waals surface area contributed by atoms with Gasteiger partial charge in [0.2, 0.25) is 0 Å². The molecule has 0 aromatic heterocycles. The zero-order valence-corrected chi connectivity index (χ0v) is 9.67. The van der Waals surface area contributed by atoms with Crippen molar-refractivity contribution in [3.8, 4) is 0 Å². The van der Waals surface area contributed by atoms with Crippen molar-refractivity contribution in [3.05, 3.63) is 0 Å². The fourth-order valence-electron chi connectivity index (χ4n) is 2.74.